The number of hydrogen-bond acceptors (Lipinski definition) is 4. The van der Waals surface area contributed by atoms with Gasteiger partial charge in [0.25, 0.3) is 5.91 Å². The predicted octanol–water partition coefficient (Wildman–Crippen LogP) is 1.50. The first-order valence-electron chi connectivity index (χ1n) is 7.73. The minimum Gasteiger partial charge on any atom is -0.505 e. The zero-order valence-corrected chi connectivity index (χ0v) is 12.6. The highest BCUT2D eigenvalue weighted by atomic mass is 19.1. The van der Waals surface area contributed by atoms with E-state index < -0.39 is 23.6 Å². The van der Waals surface area contributed by atoms with E-state index in [1.807, 2.05) is 0 Å². The first kappa shape index (κ1) is 16.7. The van der Waals surface area contributed by atoms with Gasteiger partial charge in [0, 0.05) is 18.7 Å². The summed E-state index contributed by atoms with van der Waals surface area (Å²) >= 11 is 0. The van der Waals surface area contributed by atoms with Crippen LogP contribution in [0.4, 0.5) is 4.39 Å². The summed E-state index contributed by atoms with van der Waals surface area (Å²) < 4.78 is 12.9. The molecule has 1 aliphatic rings. The Kier molecular flexibility index (Phi) is 6.15. The molecule has 0 saturated carbocycles. The molecule has 1 amide bonds. The van der Waals surface area contributed by atoms with E-state index in [1.165, 1.54) is 18.9 Å². The van der Waals surface area contributed by atoms with Crippen molar-refractivity contribution in [1.29, 1.82) is 0 Å². The summed E-state index contributed by atoms with van der Waals surface area (Å²) in [6.07, 6.45) is 4.12. The summed E-state index contributed by atoms with van der Waals surface area (Å²) in [5.74, 6) is -1.76. The summed E-state index contributed by atoms with van der Waals surface area (Å²) in [6, 6.07) is 3.41. The van der Waals surface area contributed by atoms with Gasteiger partial charge in [0.2, 0.25) is 0 Å². The van der Waals surface area contributed by atoms with E-state index in [-0.39, 0.29) is 12.1 Å². The van der Waals surface area contributed by atoms with Crippen molar-refractivity contribution in [2.45, 2.75) is 31.8 Å². The molecular weight excluding hydrogens is 287 g/mol. The van der Waals surface area contributed by atoms with Gasteiger partial charge >= 0.3 is 0 Å². The lowest BCUT2D eigenvalue weighted by Gasteiger charge is -2.23. The number of carbonyl (C=O) groups is 1. The topological polar surface area (TPSA) is 72.8 Å². The van der Waals surface area contributed by atoms with E-state index in [4.69, 9.17) is 0 Å². The van der Waals surface area contributed by atoms with Gasteiger partial charge in [0.15, 0.2) is 11.6 Å². The van der Waals surface area contributed by atoms with Crippen molar-refractivity contribution in [2.24, 2.45) is 0 Å². The fraction of sp³-hybridized carbons (Fsp3) is 0.562. The van der Waals surface area contributed by atoms with Crippen molar-refractivity contribution in [2.75, 3.05) is 26.2 Å². The molecule has 0 bridgehead atoms. The molecule has 1 aliphatic heterocycles. The van der Waals surface area contributed by atoms with Crippen LogP contribution in [-0.2, 0) is 0 Å². The molecule has 5 nitrogen and oxygen atoms in total. The van der Waals surface area contributed by atoms with Crippen LogP contribution < -0.4 is 5.32 Å². The largest absolute Gasteiger partial charge is 0.505 e. The molecule has 1 fully saturated rings. The lowest BCUT2D eigenvalue weighted by atomic mass is 10.2. The van der Waals surface area contributed by atoms with Crippen molar-refractivity contribution in [3.8, 4) is 5.75 Å². The normalized spacial score (nSPS) is 17.7. The zero-order valence-electron chi connectivity index (χ0n) is 12.6. The third-order valence-electron chi connectivity index (χ3n) is 3.87. The number of phenols is 1. The van der Waals surface area contributed by atoms with E-state index in [9.17, 15) is 19.4 Å². The molecule has 22 heavy (non-hydrogen) atoms. The first-order valence-corrected chi connectivity index (χ1v) is 7.73. The fourth-order valence-electron chi connectivity index (χ4n) is 2.65. The van der Waals surface area contributed by atoms with Gasteiger partial charge in [-0.15, -0.1) is 0 Å². The second kappa shape index (κ2) is 8.10. The van der Waals surface area contributed by atoms with Gasteiger partial charge < -0.3 is 20.4 Å². The van der Waals surface area contributed by atoms with Crippen molar-refractivity contribution in [3.05, 3.63) is 29.6 Å². The van der Waals surface area contributed by atoms with Gasteiger partial charge in [-0.2, -0.15) is 0 Å². The molecule has 0 aromatic heterocycles. The summed E-state index contributed by atoms with van der Waals surface area (Å²) in [4.78, 5) is 14.1. The minimum atomic E-state index is -0.766. The van der Waals surface area contributed by atoms with Crippen molar-refractivity contribution in [1.82, 2.24) is 10.2 Å². The van der Waals surface area contributed by atoms with Crippen LogP contribution >= 0.6 is 0 Å². The molecule has 122 valence electrons. The fourth-order valence-corrected chi connectivity index (χ4v) is 2.65. The number of nitrogens with one attached hydrogen (secondary N) is 1. The summed E-state index contributed by atoms with van der Waals surface area (Å²) in [7, 11) is 0. The molecule has 0 radical (unpaired) electrons. The number of nitrogens with zero attached hydrogens (tertiary/aromatic N) is 1. The lowest BCUT2D eigenvalue weighted by Crippen LogP contribution is -2.40. The molecular formula is C16H23FN2O3. The highest BCUT2D eigenvalue weighted by molar-refractivity contribution is 5.94. The third-order valence-corrected chi connectivity index (χ3v) is 3.87. The van der Waals surface area contributed by atoms with Crippen LogP contribution in [0.2, 0.25) is 0 Å². The molecule has 1 unspecified atom stereocenters. The monoisotopic (exact) mass is 310 g/mol. The number of phenolic OH excluding ortho intramolecular Hbond substituents is 1. The average Bonchev–Trinajstić information content (AvgIpc) is 2.76. The molecule has 1 aromatic carbocycles. The Balaban J connectivity index is 1.78. The van der Waals surface area contributed by atoms with E-state index in [1.54, 1.807) is 0 Å². The molecule has 1 saturated heterocycles. The number of carbonyl (C=O) groups excluding carboxylic acids is 1. The van der Waals surface area contributed by atoms with Crippen molar-refractivity contribution in [3.63, 3.8) is 0 Å². The SMILES string of the molecule is O=C(NCC(O)CN1CCCCCC1)c1ccc(F)c(O)c1. The standard InChI is InChI=1S/C16H23FN2O3/c17-14-6-5-12(9-15(14)21)16(22)18-10-13(20)11-19-7-3-1-2-4-8-19/h5-6,9,13,20-21H,1-4,7-8,10-11H2,(H,18,22). The second-order valence-electron chi connectivity index (χ2n) is 5.74. The van der Waals surface area contributed by atoms with Gasteiger partial charge in [-0.3, -0.25) is 4.79 Å². The number of halogens is 1. The molecule has 2 rings (SSSR count). The van der Waals surface area contributed by atoms with Crippen molar-refractivity contribution < 1.29 is 19.4 Å². The lowest BCUT2D eigenvalue weighted by molar-refractivity contribution is 0.0862. The Morgan fingerprint density at radius 3 is 2.59 bits per heavy atom. The molecule has 1 atom stereocenters. The quantitative estimate of drug-likeness (QED) is 0.770. The van der Waals surface area contributed by atoms with Gasteiger partial charge in [-0.25, -0.2) is 4.39 Å². The second-order valence-corrected chi connectivity index (χ2v) is 5.74. The Labute approximate surface area is 129 Å². The molecule has 1 aromatic rings. The summed E-state index contributed by atoms with van der Waals surface area (Å²) in [5.41, 5.74) is 0.167. The zero-order chi connectivity index (χ0) is 15.9. The number of likely N-dealkylation sites (tertiary alicyclic amines) is 1. The maximum atomic E-state index is 12.9. The molecule has 0 aliphatic carbocycles. The molecule has 1 heterocycles. The Bertz CT molecular complexity index is 502. The van der Waals surface area contributed by atoms with Gasteiger partial charge in [0.05, 0.1) is 6.10 Å². The van der Waals surface area contributed by atoms with Crippen LogP contribution in [-0.4, -0.2) is 53.3 Å². The highest BCUT2D eigenvalue weighted by Gasteiger charge is 2.15. The smallest absolute Gasteiger partial charge is 0.251 e. The van der Waals surface area contributed by atoms with Crippen LogP contribution in [0.5, 0.6) is 5.75 Å². The van der Waals surface area contributed by atoms with Crippen molar-refractivity contribution >= 4 is 5.91 Å². The molecule has 3 N–H and O–H groups in total. The number of amides is 1. The highest BCUT2D eigenvalue weighted by Crippen LogP contribution is 2.16. The van der Waals surface area contributed by atoms with Gasteiger partial charge in [-0.05, 0) is 44.1 Å². The maximum absolute atomic E-state index is 12.9. The van der Waals surface area contributed by atoms with E-state index in [0.29, 0.717) is 6.54 Å². The third kappa shape index (κ3) is 4.96. The maximum Gasteiger partial charge on any atom is 0.251 e. The van der Waals surface area contributed by atoms with E-state index in [0.717, 1.165) is 38.1 Å². The first-order chi connectivity index (χ1) is 10.6. The predicted molar refractivity (Wildman–Crippen MR) is 81.3 cm³/mol. The Morgan fingerprint density at radius 2 is 1.95 bits per heavy atom. The van der Waals surface area contributed by atoms with Crippen LogP contribution in [0.3, 0.4) is 0 Å². The van der Waals surface area contributed by atoms with Crippen LogP contribution in [0.1, 0.15) is 36.0 Å². The Morgan fingerprint density at radius 1 is 1.27 bits per heavy atom. The summed E-state index contributed by atoms with van der Waals surface area (Å²) in [6.45, 7) is 2.64. The van der Waals surface area contributed by atoms with E-state index in [2.05, 4.69) is 10.2 Å². The number of aliphatic hydroxyl groups excluding tert-OH is 1. The van der Waals surface area contributed by atoms with E-state index >= 15 is 0 Å². The van der Waals surface area contributed by atoms with Crippen LogP contribution in [0, 0.1) is 5.82 Å². The van der Waals surface area contributed by atoms with Crippen LogP contribution in [0.25, 0.3) is 0 Å². The molecule has 0 spiro atoms. The number of aromatic hydroxyl groups is 1. The van der Waals surface area contributed by atoms with Gasteiger partial charge in [-0.1, -0.05) is 12.8 Å². The number of β-amino-alcohol motifs (C(OH)–C–C–N with tert-alkyl or cyclic N) is 1. The number of aliphatic hydroxyl groups is 1. The summed E-state index contributed by atoms with van der Waals surface area (Å²) in [5, 5.41) is 21.9. The van der Waals surface area contributed by atoms with Gasteiger partial charge in [0.1, 0.15) is 0 Å². The number of hydrogen-bond donors (Lipinski definition) is 3. The van der Waals surface area contributed by atoms with Crippen LogP contribution in [0.15, 0.2) is 18.2 Å². The Hall–Kier alpha value is -1.66. The number of rotatable bonds is 5. The average molecular weight is 310 g/mol. The minimum absolute atomic E-state index is 0.132. The molecule has 6 heteroatoms. The number of benzene rings is 1.